The lowest BCUT2D eigenvalue weighted by atomic mass is 9.79. The maximum atomic E-state index is 10.5. The summed E-state index contributed by atoms with van der Waals surface area (Å²) >= 11 is 0. The molecule has 0 aliphatic heterocycles. The minimum absolute atomic E-state index is 0.123. The van der Waals surface area contributed by atoms with Crippen LogP contribution in [0.4, 0.5) is 0 Å². The molecule has 4 nitrogen and oxygen atoms in total. The van der Waals surface area contributed by atoms with Crippen molar-refractivity contribution in [3.05, 3.63) is 0 Å². The molecule has 2 atom stereocenters. The third-order valence-electron chi connectivity index (χ3n) is 3.78. The molecule has 0 aromatic heterocycles. The van der Waals surface area contributed by atoms with Crippen molar-refractivity contribution in [3.63, 3.8) is 0 Å². The van der Waals surface area contributed by atoms with E-state index in [1.807, 2.05) is 13.8 Å². The molecule has 0 saturated heterocycles. The summed E-state index contributed by atoms with van der Waals surface area (Å²) in [5.41, 5.74) is -0.510. The number of ether oxygens (including phenoxy) is 2. The lowest BCUT2D eigenvalue weighted by Crippen LogP contribution is -2.44. The summed E-state index contributed by atoms with van der Waals surface area (Å²) in [5.74, 6) is 0.639. The van der Waals surface area contributed by atoms with Crippen LogP contribution in [0.5, 0.6) is 0 Å². The Morgan fingerprint density at radius 1 is 1.32 bits per heavy atom. The van der Waals surface area contributed by atoms with E-state index in [9.17, 15) is 5.11 Å². The van der Waals surface area contributed by atoms with Gasteiger partial charge < -0.3 is 19.9 Å². The monoisotopic (exact) mass is 273 g/mol. The SMILES string of the molecule is CCOC(CCNCC1(O)CCCC(C)C1)OCC. The van der Waals surface area contributed by atoms with Crippen molar-refractivity contribution in [2.24, 2.45) is 5.92 Å². The van der Waals surface area contributed by atoms with Crippen molar-refractivity contribution >= 4 is 0 Å². The zero-order valence-corrected chi connectivity index (χ0v) is 12.8. The predicted octanol–water partition coefficient (Wildman–Crippen LogP) is 2.31. The molecule has 2 N–H and O–H groups in total. The Kier molecular flexibility index (Phi) is 7.91. The summed E-state index contributed by atoms with van der Waals surface area (Å²) in [6.07, 6.45) is 4.93. The Balaban J connectivity index is 2.18. The Morgan fingerprint density at radius 3 is 2.58 bits per heavy atom. The van der Waals surface area contributed by atoms with Gasteiger partial charge in [0.15, 0.2) is 6.29 Å². The van der Waals surface area contributed by atoms with E-state index in [0.717, 1.165) is 32.2 Å². The molecule has 0 aromatic carbocycles. The second-order valence-corrected chi connectivity index (χ2v) is 5.73. The van der Waals surface area contributed by atoms with Gasteiger partial charge in [0.2, 0.25) is 0 Å². The van der Waals surface area contributed by atoms with Crippen LogP contribution >= 0.6 is 0 Å². The van der Waals surface area contributed by atoms with Crippen molar-refractivity contribution < 1.29 is 14.6 Å². The second-order valence-electron chi connectivity index (χ2n) is 5.73. The van der Waals surface area contributed by atoms with Crippen molar-refractivity contribution in [3.8, 4) is 0 Å². The third-order valence-corrected chi connectivity index (χ3v) is 3.78. The highest BCUT2D eigenvalue weighted by atomic mass is 16.7. The fraction of sp³-hybridized carbons (Fsp3) is 1.00. The van der Waals surface area contributed by atoms with Gasteiger partial charge in [0.1, 0.15) is 0 Å². The molecule has 1 saturated carbocycles. The molecule has 19 heavy (non-hydrogen) atoms. The molecule has 1 rings (SSSR count). The van der Waals surface area contributed by atoms with Gasteiger partial charge in [-0.2, -0.15) is 0 Å². The minimum Gasteiger partial charge on any atom is -0.389 e. The largest absolute Gasteiger partial charge is 0.389 e. The summed E-state index contributed by atoms with van der Waals surface area (Å²) in [4.78, 5) is 0. The lowest BCUT2D eigenvalue weighted by Gasteiger charge is -2.35. The van der Waals surface area contributed by atoms with E-state index in [0.29, 0.717) is 25.7 Å². The van der Waals surface area contributed by atoms with E-state index in [2.05, 4.69) is 12.2 Å². The first kappa shape index (κ1) is 16.9. The summed E-state index contributed by atoms with van der Waals surface area (Å²) in [6, 6.07) is 0. The van der Waals surface area contributed by atoms with Gasteiger partial charge in [-0.05, 0) is 32.6 Å². The molecule has 0 aromatic rings. The maximum Gasteiger partial charge on any atom is 0.158 e. The van der Waals surface area contributed by atoms with Gasteiger partial charge in [-0.25, -0.2) is 0 Å². The Labute approximate surface area is 117 Å². The topological polar surface area (TPSA) is 50.7 Å². The average molecular weight is 273 g/mol. The Bertz CT molecular complexity index is 231. The Hall–Kier alpha value is -0.160. The standard InChI is InChI=1S/C15H31NO3/c1-4-18-14(19-5-2)8-10-16-12-15(17)9-6-7-13(3)11-15/h13-14,16-17H,4-12H2,1-3H3. The van der Waals surface area contributed by atoms with Gasteiger partial charge in [0, 0.05) is 32.7 Å². The fourth-order valence-corrected chi connectivity index (χ4v) is 2.92. The number of rotatable bonds is 9. The molecule has 0 heterocycles. The molecule has 0 radical (unpaired) electrons. The summed E-state index contributed by atoms with van der Waals surface area (Å²) in [5, 5.41) is 13.8. The molecule has 0 spiro atoms. The van der Waals surface area contributed by atoms with Crippen molar-refractivity contribution in [2.45, 2.75) is 64.8 Å². The van der Waals surface area contributed by atoms with E-state index in [-0.39, 0.29) is 6.29 Å². The van der Waals surface area contributed by atoms with E-state index >= 15 is 0 Å². The van der Waals surface area contributed by atoms with Gasteiger partial charge in [-0.3, -0.25) is 0 Å². The van der Waals surface area contributed by atoms with Gasteiger partial charge in [-0.1, -0.05) is 19.8 Å². The van der Waals surface area contributed by atoms with Crippen LogP contribution in [-0.4, -0.2) is 43.3 Å². The lowest BCUT2D eigenvalue weighted by molar-refractivity contribution is -0.139. The van der Waals surface area contributed by atoms with E-state index < -0.39 is 5.60 Å². The van der Waals surface area contributed by atoms with Crippen LogP contribution in [0.2, 0.25) is 0 Å². The van der Waals surface area contributed by atoms with Crippen LogP contribution in [0.3, 0.4) is 0 Å². The van der Waals surface area contributed by atoms with Crippen LogP contribution in [0.25, 0.3) is 0 Å². The van der Waals surface area contributed by atoms with Gasteiger partial charge in [-0.15, -0.1) is 0 Å². The van der Waals surface area contributed by atoms with E-state index in [1.54, 1.807) is 0 Å². The molecule has 1 aliphatic carbocycles. The second kappa shape index (κ2) is 8.90. The zero-order valence-electron chi connectivity index (χ0n) is 12.8. The smallest absolute Gasteiger partial charge is 0.158 e. The molecule has 114 valence electrons. The van der Waals surface area contributed by atoms with Crippen molar-refractivity contribution in [2.75, 3.05) is 26.3 Å². The molecule has 0 amide bonds. The third kappa shape index (κ3) is 6.70. The summed E-state index contributed by atoms with van der Waals surface area (Å²) in [7, 11) is 0. The summed E-state index contributed by atoms with van der Waals surface area (Å²) in [6.45, 7) is 9.03. The van der Waals surface area contributed by atoms with Crippen molar-refractivity contribution in [1.29, 1.82) is 0 Å². The normalized spacial score (nSPS) is 27.9. The van der Waals surface area contributed by atoms with Gasteiger partial charge in [0.25, 0.3) is 0 Å². The molecule has 2 unspecified atom stereocenters. The minimum atomic E-state index is -0.510. The number of aliphatic hydroxyl groups is 1. The van der Waals surface area contributed by atoms with E-state index in [4.69, 9.17) is 9.47 Å². The molecule has 1 fully saturated rings. The highest BCUT2D eigenvalue weighted by Crippen LogP contribution is 2.31. The number of hydrogen-bond acceptors (Lipinski definition) is 4. The van der Waals surface area contributed by atoms with Gasteiger partial charge >= 0.3 is 0 Å². The molecular weight excluding hydrogens is 242 g/mol. The highest BCUT2D eigenvalue weighted by Gasteiger charge is 2.31. The predicted molar refractivity (Wildman–Crippen MR) is 77.1 cm³/mol. The van der Waals surface area contributed by atoms with Crippen molar-refractivity contribution in [1.82, 2.24) is 5.32 Å². The summed E-state index contributed by atoms with van der Waals surface area (Å²) < 4.78 is 11.0. The fourth-order valence-electron chi connectivity index (χ4n) is 2.92. The molecule has 0 bridgehead atoms. The molecule has 1 aliphatic rings. The number of nitrogens with one attached hydrogen (secondary N) is 1. The first-order valence-electron chi connectivity index (χ1n) is 7.76. The quantitative estimate of drug-likeness (QED) is 0.500. The van der Waals surface area contributed by atoms with E-state index in [1.165, 1.54) is 6.42 Å². The molecule has 4 heteroatoms. The first-order valence-corrected chi connectivity index (χ1v) is 7.76. The molecular formula is C15H31NO3. The van der Waals surface area contributed by atoms with Crippen LogP contribution in [0.1, 0.15) is 52.9 Å². The van der Waals surface area contributed by atoms with Crippen LogP contribution in [-0.2, 0) is 9.47 Å². The van der Waals surface area contributed by atoms with Crippen LogP contribution in [0.15, 0.2) is 0 Å². The van der Waals surface area contributed by atoms with Crippen LogP contribution < -0.4 is 5.32 Å². The maximum absolute atomic E-state index is 10.5. The number of hydrogen-bond donors (Lipinski definition) is 2. The first-order chi connectivity index (χ1) is 9.09. The Morgan fingerprint density at radius 2 is 2.00 bits per heavy atom. The van der Waals surface area contributed by atoms with Crippen LogP contribution in [0, 0.1) is 5.92 Å². The highest BCUT2D eigenvalue weighted by molar-refractivity contribution is 4.86. The average Bonchev–Trinajstić information content (AvgIpc) is 2.35. The van der Waals surface area contributed by atoms with Gasteiger partial charge in [0.05, 0.1) is 5.60 Å². The zero-order chi connectivity index (χ0) is 14.1.